The monoisotopic (exact) mass is 265 g/mol. The lowest BCUT2D eigenvalue weighted by Gasteiger charge is -2.20. The second-order valence-electron chi connectivity index (χ2n) is 5.07. The van der Waals surface area contributed by atoms with Crippen LogP contribution in [0.2, 0.25) is 0 Å². The molecule has 0 aliphatic rings. The van der Waals surface area contributed by atoms with Gasteiger partial charge in [-0.05, 0) is 51.1 Å². The molecule has 0 aliphatic heterocycles. The summed E-state index contributed by atoms with van der Waals surface area (Å²) in [6.45, 7) is 11.3. The van der Waals surface area contributed by atoms with E-state index in [-0.39, 0.29) is 6.10 Å². The number of hydrogen-bond donors (Lipinski definition) is 1. The average molecular weight is 265 g/mol. The zero-order chi connectivity index (χ0) is 14.3. The van der Waals surface area contributed by atoms with Crippen LogP contribution in [0.4, 0.5) is 0 Å². The summed E-state index contributed by atoms with van der Waals surface area (Å²) in [5.41, 5.74) is 0.935. The zero-order valence-corrected chi connectivity index (χ0v) is 12.6. The summed E-state index contributed by atoms with van der Waals surface area (Å²) < 4.78 is 5.65. The molecule has 1 rings (SSSR count). The second-order valence-corrected chi connectivity index (χ2v) is 5.07. The molecule has 1 aromatic carbocycles. The van der Waals surface area contributed by atoms with Crippen LogP contribution in [0.15, 0.2) is 24.3 Å². The molecule has 1 atom stereocenters. The van der Waals surface area contributed by atoms with Crippen LogP contribution in [-0.4, -0.2) is 35.7 Å². The maximum atomic E-state index is 10.2. The van der Waals surface area contributed by atoms with Crippen LogP contribution < -0.4 is 4.74 Å². The van der Waals surface area contributed by atoms with Gasteiger partial charge in [0.25, 0.3) is 0 Å². The quantitative estimate of drug-likeness (QED) is 0.783. The number of aliphatic hydroxyl groups excluding tert-OH is 1. The van der Waals surface area contributed by atoms with Gasteiger partial charge < -0.3 is 14.7 Å². The first-order chi connectivity index (χ1) is 9.06. The van der Waals surface area contributed by atoms with Crippen LogP contribution in [0.25, 0.3) is 0 Å². The maximum Gasteiger partial charge on any atom is 0.120 e. The van der Waals surface area contributed by atoms with E-state index >= 15 is 0 Å². The Bertz CT molecular complexity index is 362. The molecular formula is C16H27NO2. The summed E-state index contributed by atoms with van der Waals surface area (Å²) in [5.74, 6) is 0.828. The molecule has 3 nitrogen and oxygen atoms in total. The summed E-state index contributed by atoms with van der Waals surface area (Å²) >= 11 is 0. The van der Waals surface area contributed by atoms with E-state index in [0.29, 0.717) is 0 Å². The Kier molecular flexibility index (Phi) is 6.89. The first kappa shape index (κ1) is 16.0. The highest BCUT2D eigenvalue weighted by atomic mass is 16.5. The summed E-state index contributed by atoms with van der Waals surface area (Å²) in [7, 11) is 0. The van der Waals surface area contributed by atoms with E-state index in [2.05, 4.69) is 18.7 Å². The minimum absolute atomic E-state index is 0.156. The highest BCUT2D eigenvalue weighted by molar-refractivity contribution is 5.30. The first-order valence-corrected chi connectivity index (χ1v) is 7.23. The molecule has 0 spiro atoms. The van der Waals surface area contributed by atoms with Crippen LogP contribution in [0.5, 0.6) is 5.75 Å². The summed E-state index contributed by atoms with van der Waals surface area (Å²) in [6.07, 6.45) is 0.492. The van der Waals surface area contributed by atoms with E-state index in [9.17, 15) is 5.11 Å². The zero-order valence-electron chi connectivity index (χ0n) is 12.6. The van der Waals surface area contributed by atoms with Gasteiger partial charge in [0.2, 0.25) is 0 Å². The Labute approximate surface area is 117 Å². The molecule has 0 heterocycles. The number of hydrogen-bond acceptors (Lipinski definition) is 3. The van der Waals surface area contributed by atoms with Gasteiger partial charge >= 0.3 is 0 Å². The van der Waals surface area contributed by atoms with Crippen LogP contribution in [0.3, 0.4) is 0 Å². The van der Waals surface area contributed by atoms with Gasteiger partial charge in [0.05, 0.1) is 12.2 Å². The minimum atomic E-state index is -0.420. The van der Waals surface area contributed by atoms with Crippen molar-refractivity contribution in [1.82, 2.24) is 4.90 Å². The van der Waals surface area contributed by atoms with Crippen molar-refractivity contribution in [3.63, 3.8) is 0 Å². The third kappa shape index (κ3) is 5.62. The first-order valence-electron chi connectivity index (χ1n) is 7.23. The van der Waals surface area contributed by atoms with Crippen molar-refractivity contribution >= 4 is 0 Å². The minimum Gasteiger partial charge on any atom is -0.491 e. The molecule has 0 saturated carbocycles. The lowest BCUT2D eigenvalue weighted by molar-refractivity contribution is 0.144. The average Bonchev–Trinajstić information content (AvgIpc) is 2.39. The molecule has 1 aromatic rings. The molecule has 1 N–H and O–H groups in total. The van der Waals surface area contributed by atoms with Gasteiger partial charge in [-0.15, -0.1) is 0 Å². The Morgan fingerprint density at radius 2 is 1.89 bits per heavy atom. The topological polar surface area (TPSA) is 32.7 Å². The molecule has 19 heavy (non-hydrogen) atoms. The van der Waals surface area contributed by atoms with E-state index in [1.54, 1.807) is 0 Å². The van der Waals surface area contributed by atoms with Crippen LogP contribution in [-0.2, 0) is 0 Å². The molecule has 3 heteroatoms. The maximum absolute atomic E-state index is 10.2. The lowest BCUT2D eigenvalue weighted by Crippen LogP contribution is -2.25. The molecular weight excluding hydrogens is 238 g/mol. The van der Waals surface area contributed by atoms with Crippen molar-refractivity contribution in [3.05, 3.63) is 29.8 Å². The highest BCUT2D eigenvalue weighted by Crippen LogP contribution is 2.22. The Morgan fingerprint density at radius 1 is 1.21 bits per heavy atom. The Hall–Kier alpha value is -1.06. The van der Waals surface area contributed by atoms with Crippen molar-refractivity contribution < 1.29 is 9.84 Å². The standard InChI is InChI=1S/C16H27NO2/c1-5-17(6-2)11-10-16(18)14-8-7-9-15(12-14)19-13(3)4/h7-9,12-13,16,18H,5-6,10-11H2,1-4H3. The fourth-order valence-electron chi connectivity index (χ4n) is 2.08. The fourth-order valence-corrected chi connectivity index (χ4v) is 2.08. The second kappa shape index (κ2) is 8.18. The van der Waals surface area contributed by atoms with Gasteiger partial charge in [0.1, 0.15) is 5.75 Å². The van der Waals surface area contributed by atoms with Crippen molar-refractivity contribution in [3.8, 4) is 5.75 Å². The SMILES string of the molecule is CCN(CC)CCC(O)c1cccc(OC(C)C)c1. The number of aliphatic hydroxyl groups is 1. The van der Waals surface area contributed by atoms with Gasteiger partial charge in [0, 0.05) is 6.54 Å². The van der Waals surface area contributed by atoms with Crippen molar-refractivity contribution in [2.45, 2.75) is 46.3 Å². The molecule has 108 valence electrons. The summed E-state index contributed by atoms with van der Waals surface area (Å²) in [4.78, 5) is 2.32. The summed E-state index contributed by atoms with van der Waals surface area (Å²) in [5, 5.41) is 10.2. The molecule has 0 amide bonds. The van der Waals surface area contributed by atoms with E-state index < -0.39 is 6.10 Å². The van der Waals surface area contributed by atoms with Crippen LogP contribution in [0.1, 0.15) is 45.8 Å². The van der Waals surface area contributed by atoms with E-state index in [0.717, 1.165) is 37.4 Å². The Balaban J connectivity index is 2.58. The van der Waals surface area contributed by atoms with Crippen molar-refractivity contribution in [2.75, 3.05) is 19.6 Å². The molecule has 0 bridgehead atoms. The van der Waals surface area contributed by atoms with Gasteiger partial charge in [-0.2, -0.15) is 0 Å². The number of rotatable bonds is 8. The van der Waals surface area contributed by atoms with Gasteiger partial charge in [-0.25, -0.2) is 0 Å². The van der Waals surface area contributed by atoms with Crippen LogP contribution in [0, 0.1) is 0 Å². The normalized spacial score (nSPS) is 13.0. The van der Waals surface area contributed by atoms with Crippen LogP contribution >= 0.6 is 0 Å². The van der Waals surface area contributed by atoms with E-state index in [4.69, 9.17) is 4.74 Å². The third-order valence-corrected chi connectivity index (χ3v) is 3.23. The predicted octanol–water partition coefficient (Wildman–Crippen LogP) is 3.24. The molecule has 0 aromatic heterocycles. The molecule has 0 saturated heterocycles. The lowest BCUT2D eigenvalue weighted by atomic mass is 10.1. The van der Waals surface area contributed by atoms with E-state index in [1.165, 1.54) is 0 Å². The van der Waals surface area contributed by atoms with Gasteiger partial charge in [-0.1, -0.05) is 26.0 Å². The van der Waals surface area contributed by atoms with Gasteiger partial charge in [0.15, 0.2) is 0 Å². The predicted molar refractivity (Wildman–Crippen MR) is 79.6 cm³/mol. The fraction of sp³-hybridized carbons (Fsp3) is 0.625. The molecule has 0 radical (unpaired) electrons. The third-order valence-electron chi connectivity index (χ3n) is 3.23. The number of ether oxygens (including phenoxy) is 1. The van der Waals surface area contributed by atoms with Gasteiger partial charge in [-0.3, -0.25) is 0 Å². The highest BCUT2D eigenvalue weighted by Gasteiger charge is 2.10. The molecule has 0 fully saturated rings. The molecule has 1 unspecified atom stereocenters. The molecule has 0 aliphatic carbocycles. The van der Waals surface area contributed by atoms with Crippen molar-refractivity contribution in [2.24, 2.45) is 0 Å². The van der Waals surface area contributed by atoms with E-state index in [1.807, 2.05) is 38.1 Å². The summed E-state index contributed by atoms with van der Waals surface area (Å²) in [6, 6.07) is 7.77. The number of nitrogens with zero attached hydrogens (tertiary/aromatic N) is 1. The number of benzene rings is 1. The largest absolute Gasteiger partial charge is 0.491 e. The Morgan fingerprint density at radius 3 is 2.47 bits per heavy atom. The smallest absolute Gasteiger partial charge is 0.120 e. The van der Waals surface area contributed by atoms with Crippen molar-refractivity contribution in [1.29, 1.82) is 0 Å².